The van der Waals surface area contributed by atoms with E-state index in [2.05, 4.69) is 0 Å². The number of hydrogen-bond donors (Lipinski definition) is 1. The minimum atomic E-state index is -4.12. The fraction of sp³-hybridized carbons (Fsp3) is 0.400. The van der Waals surface area contributed by atoms with Gasteiger partial charge in [0.15, 0.2) is 0 Å². The van der Waals surface area contributed by atoms with Gasteiger partial charge in [0.25, 0.3) is 0 Å². The van der Waals surface area contributed by atoms with Crippen molar-refractivity contribution >= 4 is 0 Å². The molecule has 0 aromatic heterocycles. The largest absolute Gasteiger partial charge is 0.508 e. The third-order valence-electron chi connectivity index (χ3n) is 5.33. The van der Waals surface area contributed by atoms with Crippen LogP contribution in [0.3, 0.4) is 0 Å². The van der Waals surface area contributed by atoms with Crippen molar-refractivity contribution in [1.82, 2.24) is 0 Å². The molecule has 1 aliphatic rings. The van der Waals surface area contributed by atoms with E-state index in [1.807, 2.05) is 43.3 Å². The van der Waals surface area contributed by atoms with Crippen molar-refractivity contribution in [3.63, 3.8) is 0 Å². The van der Waals surface area contributed by atoms with Crippen molar-refractivity contribution in [2.24, 2.45) is 5.92 Å². The zero-order valence-electron chi connectivity index (χ0n) is 13.6. The second-order valence-corrected chi connectivity index (χ2v) is 6.81. The number of aryl methyl sites for hydroxylation is 1. The van der Waals surface area contributed by atoms with Crippen molar-refractivity contribution in [3.05, 3.63) is 65.2 Å². The maximum Gasteiger partial charge on any atom is 0.391 e. The third kappa shape index (κ3) is 3.14. The Bertz CT molecular complexity index is 631. The van der Waals surface area contributed by atoms with E-state index in [1.54, 1.807) is 12.1 Å². The Labute approximate surface area is 140 Å². The van der Waals surface area contributed by atoms with Gasteiger partial charge in [-0.05, 0) is 55.9 Å². The predicted molar refractivity (Wildman–Crippen MR) is 88.1 cm³/mol. The molecule has 1 fully saturated rings. The smallest absolute Gasteiger partial charge is 0.391 e. The van der Waals surface area contributed by atoms with Crippen LogP contribution < -0.4 is 0 Å². The first-order valence-corrected chi connectivity index (χ1v) is 8.25. The fourth-order valence-corrected chi connectivity index (χ4v) is 3.84. The molecule has 0 bridgehead atoms. The maximum atomic E-state index is 13.1. The first-order valence-electron chi connectivity index (χ1n) is 8.25. The lowest BCUT2D eigenvalue weighted by atomic mass is 9.63. The molecule has 24 heavy (non-hydrogen) atoms. The second-order valence-electron chi connectivity index (χ2n) is 6.81. The molecular formula is C20H21F3O. The Hall–Kier alpha value is -1.97. The van der Waals surface area contributed by atoms with Gasteiger partial charge in [-0.2, -0.15) is 13.2 Å². The number of benzene rings is 2. The summed E-state index contributed by atoms with van der Waals surface area (Å²) >= 11 is 0. The zero-order valence-corrected chi connectivity index (χ0v) is 13.6. The highest BCUT2D eigenvalue weighted by molar-refractivity contribution is 5.42. The molecule has 0 aliphatic heterocycles. The average Bonchev–Trinajstić information content (AvgIpc) is 2.55. The topological polar surface area (TPSA) is 20.2 Å². The molecule has 1 nitrogen and oxygen atoms in total. The molecule has 1 saturated carbocycles. The molecule has 2 aromatic carbocycles. The molecule has 128 valence electrons. The molecule has 0 radical (unpaired) electrons. The van der Waals surface area contributed by atoms with Gasteiger partial charge >= 0.3 is 6.18 Å². The molecule has 0 spiro atoms. The highest BCUT2D eigenvalue weighted by Gasteiger charge is 2.47. The van der Waals surface area contributed by atoms with Gasteiger partial charge in [0.1, 0.15) is 5.75 Å². The van der Waals surface area contributed by atoms with Gasteiger partial charge in [-0.25, -0.2) is 0 Å². The van der Waals surface area contributed by atoms with E-state index in [4.69, 9.17) is 0 Å². The minimum absolute atomic E-state index is 0.137. The average molecular weight is 334 g/mol. The van der Waals surface area contributed by atoms with Crippen LogP contribution in [0.2, 0.25) is 0 Å². The van der Waals surface area contributed by atoms with Crippen LogP contribution >= 0.6 is 0 Å². The number of phenols is 1. The van der Waals surface area contributed by atoms with Crippen LogP contribution in [0.5, 0.6) is 5.75 Å². The number of hydrogen-bond acceptors (Lipinski definition) is 1. The van der Waals surface area contributed by atoms with Crippen molar-refractivity contribution in [2.75, 3.05) is 0 Å². The van der Waals surface area contributed by atoms with Crippen LogP contribution in [0, 0.1) is 12.8 Å². The van der Waals surface area contributed by atoms with Crippen molar-refractivity contribution in [3.8, 4) is 5.75 Å². The molecule has 4 heteroatoms. The standard InChI is InChI=1S/C20H21F3O/c1-14-2-4-15(5-3-14)19(16-6-8-18(24)9-7-16)12-10-17(11-13-19)20(21,22)23/h2-9,17,24H,10-13H2,1H3. The van der Waals surface area contributed by atoms with E-state index < -0.39 is 17.5 Å². The molecule has 0 amide bonds. The van der Waals surface area contributed by atoms with Crippen LogP contribution in [0.15, 0.2) is 48.5 Å². The molecule has 0 saturated heterocycles. The molecule has 3 rings (SSSR count). The number of phenolic OH excluding ortho intramolecular Hbond substituents is 1. The van der Waals surface area contributed by atoms with Crippen molar-refractivity contribution < 1.29 is 18.3 Å². The minimum Gasteiger partial charge on any atom is -0.508 e. The van der Waals surface area contributed by atoms with Gasteiger partial charge in [0.2, 0.25) is 0 Å². The summed E-state index contributed by atoms with van der Waals surface area (Å²) in [5.74, 6) is -1.05. The van der Waals surface area contributed by atoms with Crippen LogP contribution in [0.1, 0.15) is 42.4 Å². The quantitative estimate of drug-likeness (QED) is 0.742. The highest BCUT2D eigenvalue weighted by atomic mass is 19.4. The van der Waals surface area contributed by atoms with Crippen LogP contribution in [0.4, 0.5) is 13.2 Å². The predicted octanol–water partition coefficient (Wildman–Crippen LogP) is 5.74. The SMILES string of the molecule is Cc1ccc(C2(c3ccc(O)cc3)CCC(C(F)(F)F)CC2)cc1. The molecular weight excluding hydrogens is 313 g/mol. The summed E-state index contributed by atoms with van der Waals surface area (Å²) in [6.45, 7) is 2.00. The molecule has 1 aliphatic carbocycles. The number of rotatable bonds is 2. The summed E-state index contributed by atoms with van der Waals surface area (Å²) in [6.07, 6.45) is -2.92. The summed E-state index contributed by atoms with van der Waals surface area (Å²) in [5, 5.41) is 9.55. The summed E-state index contributed by atoms with van der Waals surface area (Å²) in [5.41, 5.74) is 2.75. The Morgan fingerprint density at radius 3 is 1.79 bits per heavy atom. The Balaban J connectivity index is 2.00. The monoisotopic (exact) mass is 334 g/mol. The van der Waals surface area contributed by atoms with Gasteiger partial charge in [-0.3, -0.25) is 0 Å². The molecule has 0 atom stereocenters. The van der Waals surface area contributed by atoms with E-state index in [0.717, 1.165) is 16.7 Å². The first-order chi connectivity index (χ1) is 11.3. The summed E-state index contributed by atoms with van der Waals surface area (Å²) in [4.78, 5) is 0. The van der Waals surface area contributed by atoms with Gasteiger partial charge in [0.05, 0.1) is 5.92 Å². The lowest BCUT2D eigenvalue weighted by molar-refractivity contribution is -0.184. The summed E-state index contributed by atoms with van der Waals surface area (Å²) in [6, 6.07) is 15.0. The first kappa shape index (κ1) is 16.9. The number of alkyl halides is 3. The Kier molecular flexibility index (Phi) is 4.33. The molecule has 1 N–H and O–H groups in total. The molecule has 0 unspecified atom stereocenters. The zero-order chi connectivity index (χ0) is 17.4. The van der Waals surface area contributed by atoms with Crippen molar-refractivity contribution in [1.29, 1.82) is 0 Å². The van der Waals surface area contributed by atoms with E-state index in [1.165, 1.54) is 0 Å². The molecule has 2 aromatic rings. The van der Waals surface area contributed by atoms with Crippen LogP contribution in [-0.2, 0) is 5.41 Å². The third-order valence-corrected chi connectivity index (χ3v) is 5.33. The van der Waals surface area contributed by atoms with E-state index in [9.17, 15) is 18.3 Å². The van der Waals surface area contributed by atoms with E-state index >= 15 is 0 Å². The number of aromatic hydroxyl groups is 1. The van der Waals surface area contributed by atoms with Crippen molar-refractivity contribution in [2.45, 2.75) is 44.2 Å². The van der Waals surface area contributed by atoms with Gasteiger partial charge in [-0.15, -0.1) is 0 Å². The summed E-state index contributed by atoms with van der Waals surface area (Å²) < 4.78 is 39.2. The van der Waals surface area contributed by atoms with Crippen LogP contribution in [0.25, 0.3) is 0 Å². The van der Waals surface area contributed by atoms with Gasteiger partial charge in [-0.1, -0.05) is 42.0 Å². The Morgan fingerprint density at radius 1 is 0.875 bits per heavy atom. The van der Waals surface area contributed by atoms with Gasteiger partial charge < -0.3 is 5.11 Å². The fourth-order valence-electron chi connectivity index (χ4n) is 3.84. The van der Waals surface area contributed by atoms with E-state index in [0.29, 0.717) is 12.8 Å². The van der Waals surface area contributed by atoms with E-state index in [-0.39, 0.29) is 18.6 Å². The van der Waals surface area contributed by atoms with Crippen LogP contribution in [-0.4, -0.2) is 11.3 Å². The van der Waals surface area contributed by atoms with Gasteiger partial charge in [0, 0.05) is 5.41 Å². The normalized spacial score (nSPS) is 24.8. The Morgan fingerprint density at radius 2 is 1.33 bits per heavy atom. The maximum absolute atomic E-state index is 13.1. The second kappa shape index (κ2) is 6.15. The highest BCUT2D eigenvalue weighted by Crippen LogP contribution is 2.50. The number of halogens is 3. The summed E-state index contributed by atoms with van der Waals surface area (Å²) in [7, 11) is 0. The lowest BCUT2D eigenvalue weighted by Gasteiger charge is -2.42. The molecule has 0 heterocycles. The lowest BCUT2D eigenvalue weighted by Crippen LogP contribution is -2.37.